The Labute approximate surface area is 182 Å². The molecule has 1 amide bonds. The third-order valence-electron chi connectivity index (χ3n) is 5.19. The predicted octanol–water partition coefficient (Wildman–Crippen LogP) is 4.76. The van der Waals surface area contributed by atoms with E-state index in [-0.39, 0.29) is 22.2 Å². The highest BCUT2D eigenvalue weighted by Crippen LogP contribution is 2.25. The zero-order chi connectivity index (χ0) is 22.8. The molecule has 0 aliphatic heterocycles. The van der Waals surface area contributed by atoms with Crippen LogP contribution in [0.5, 0.6) is 0 Å². The SMILES string of the molecule is Cc1ccc(C(C)NC(=O)c2cccc(S(=O)(=O)N(C)c3ccccc3F)c2)c(C)c1. The van der Waals surface area contributed by atoms with E-state index in [0.29, 0.717) is 0 Å². The number of hydrogen-bond acceptors (Lipinski definition) is 3. The molecule has 0 aliphatic carbocycles. The van der Waals surface area contributed by atoms with Crippen molar-refractivity contribution in [1.82, 2.24) is 5.32 Å². The number of carbonyl (C=O) groups excluding carboxylic acids is 1. The normalized spacial score (nSPS) is 12.3. The summed E-state index contributed by atoms with van der Waals surface area (Å²) in [5.74, 6) is -1.04. The van der Waals surface area contributed by atoms with Gasteiger partial charge in [-0.15, -0.1) is 0 Å². The molecule has 7 heteroatoms. The van der Waals surface area contributed by atoms with E-state index in [1.165, 1.54) is 43.4 Å². The fourth-order valence-electron chi connectivity index (χ4n) is 3.46. The average molecular weight is 441 g/mol. The van der Waals surface area contributed by atoms with E-state index in [9.17, 15) is 17.6 Å². The summed E-state index contributed by atoms with van der Waals surface area (Å²) in [7, 11) is -2.77. The number of halogens is 1. The number of nitrogens with one attached hydrogen (secondary N) is 1. The summed E-state index contributed by atoms with van der Waals surface area (Å²) in [4.78, 5) is 12.7. The second-order valence-corrected chi connectivity index (χ2v) is 9.48. The van der Waals surface area contributed by atoms with E-state index < -0.39 is 21.7 Å². The maximum Gasteiger partial charge on any atom is 0.264 e. The molecule has 5 nitrogen and oxygen atoms in total. The molecule has 3 aromatic carbocycles. The fourth-order valence-corrected chi connectivity index (χ4v) is 4.71. The Morgan fingerprint density at radius 2 is 1.71 bits per heavy atom. The molecule has 31 heavy (non-hydrogen) atoms. The average Bonchev–Trinajstić information content (AvgIpc) is 2.73. The minimum absolute atomic E-state index is 0.0687. The van der Waals surface area contributed by atoms with Crippen LogP contribution >= 0.6 is 0 Å². The number of carbonyl (C=O) groups is 1. The van der Waals surface area contributed by atoms with E-state index >= 15 is 0 Å². The van der Waals surface area contributed by atoms with Gasteiger partial charge in [0.1, 0.15) is 5.82 Å². The number of sulfonamides is 1. The van der Waals surface area contributed by atoms with Gasteiger partial charge in [0, 0.05) is 12.6 Å². The van der Waals surface area contributed by atoms with Gasteiger partial charge in [0.15, 0.2) is 0 Å². The van der Waals surface area contributed by atoms with Crippen LogP contribution in [0.3, 0.4) is 0 Å². The molecule has 1 atom stereocenters. The Hall–Kier alpha value is -3.19. The van der Waals surface area contributed by atoms with Crippen molar-refractivity contribution in [3.8, 4) is 0 Å². The van der Waals surface area contributed by atoms with Crippen LogP contribution in [0.2, 0.25) is 0 Å². The summed E-state index contributed by atoms with van der Waals surface area (Å²) in [5.41, 5.74) is 3.33. The number of benzene rings is 3. The molecule has 1 N–H and O–H groups in total. The third-order valence-corrected chi connectivity index (χ3v) is 6.95. The highest BCUT2D eigenvalue weighted by molar-refractivity contribution is 7.92. The second-order valence-electron chi connectivity index (χ2n) is 7.51. The van der Waals surface area contributed by atoms with Crippen molar-refractivity contribution in [2.45, 2.75) is 31.7 Å². The Kier molecular flexibility index (Phi) is 6.45. The van der Waals surface area contributed by atoms with Crippen LogP contribution in [0.25, 0.3) is 0 Å². The van der Waals surface area contributed by atoms with E-state index in [1.54, 1.807) is 12.1 Å². The van der Waals surface area contributed by atoms with Gasteiger partial charge in [-0.1, -0.05) is 42.0 Å². The molecule has 0 aromatic heterocycles. The van der Waals surface area contributed by atoms with Crippen molar-refractivity contribution in [3.63, 3.8) is 0 Å². The molecule has 0 spiro atoms. The topological polar surface area (TPSA) is 66.5 Å². The molecule has 0 saturated heterocycles. The number of hydrogen-bond donors (Lipinski definition) is 1. The van der Waals surface area contributed by atoms with Crippen LogP contribution in [0.15, 0.2) is 71.6 Å². The first-order valence-corrected chi connectivity index (χ1v) is 11.3. The van der Waals surface area contributed by atoms with Crippen LogP contribution in [0.1, 0.15) is 40.0 Å². The molecule has 0 bridgehead atoms. The summed E-state index contributed by atoms with van der Waals surface area (Å²) in [5, 5.41) is 2.91. The van der Waals surface area contributed by atoms with E-state index in [1.807, 2.05) is 39.0 Å². The van der Waals surface area contributed by atoms with Crippen molar-refractivity contribution in [1.29, 1.82) is 0 Å². The van der Waals surface area contributed by atoms with Crippen molar-refractivity contribution in [2.24, 2.45) is 0 Å². The lowest BCUT2D eigenvalue weighted by atomic mass is 10.00. The number of amides is 1. The maximum absolute atomic E-state index is 14.1. The Morgan fingerprint density at radius 3 is 2.39 bits per heavy atom. The molecule has 3 aromatic rings. The lowest BCUT2D eigenvalue weighted by molar-refractivity contribution is 0.0939. The summed E-state index contributed by atoms with van der Waals surface area (Å²) in [6, 6.07) is 17.1. The van der Waals surface area contributed by atoms with Crippen molar-refractivity contribution in [2.75, 3.05) is 11.4 Å². The fraction of sp³-hybridized carbons (Fsp3) is 0.208. The summed E-state index contributed by atoms with van der Waals surface area (Å²) in [6.07, 6.45) is 0. The molecule has 0 fully saturated rings. The van der Waals surface area contributed by atoms with Gasteiger partial charge >= 0.3 is 0 Å². The Morgan fingerprint density at radius 1 is 1.00 bits per heavy atom. The van der Waals surface area contributed by atoms with Crippen molar-refractivity contribution < 1.29 is 17.6 Å². The number of para-hydroxylation sites is 1. The van der Waals surface area contributed by atoms with E-state index in [0.717, 1.165) is 21.0 Å². The van der Waals surface area contributed by atoms with Crippen molar-refractivity contribution >= 4 is 21.6 Å². The minimum Gasteiger partial charge on any atom is -0.346 e. The van der Waals surface area contributed by atoms with E-state index in [2.05, 4.69) is 5.32 Å². The minimum atomic E-state index is -4.05. The lowest BCUT2D eigenvalue weighted by Gasteiger charge is -2.21. The van der Waals surface area contributed by atoms with Gasteiger partial charge in [-0.3, -0.25) is 9.10 Å². The second kappa shape index (κ2) is 8.89. The highest BCUT2D eigenvalue weighted by Gasteiger charge is 2.24. The Bertz CT molecular complexity index is 1220. The summed E-state index contributed by atoms with van der Waals surface area (Å²) < 4.78 is 41.0. The first kappa shape index (κ1) is 22.5. The zero-order valence-electron chi connectivity index (χ0n) is 17.9. The van der Waals surface area contributed by atoms with Gasteiger partial charge in [0.2, 0.25) is 0 Å². The molecular weight excluding hydrogens is 415 g/mol. The quantitative estimate of drug-likeness (QED) is 0.601. The van der Waals surface area contributed by atoms with E-state index in [4.69, 9.17) is 0 Å². The third kappa shape index (κ3) is 4.77. The number of rotatable bonds is 6. The molecule has 0 radical (unpaired) electrons. The van der Waals surface area contributed by atoms with Crippen LogP contribution < -0.4 is 9.62 Å². The molecule has 0 aliphatic rings. The smallest absolute Gasteiger partial charge is 0.264 e. The molecule has 3 rings (SSSR count). The van der Waals surface area contributed by atoms with Gasteiger partial charge < -0.3 is 5.32 Å². The molecule has 0 saturated carbocycles. The van der Waals surface area contributed by atoms with Gasteiger partial charge in [0.05, 0.1) is 16.6 Å². The van der Waals surface area contributed by atoms with Crippen LogP contribution in [0.4, 0.5) is 10.1 Å². The predicted molar refractivity (Wildman–Crippen MR) is 120 cm³/mol. The summed E-state index contributed by atoms with van der Waals surface area (Å²) in [6.45, 7) is 5.86. The molecule has 0 heterocycles. The highest BCUT2D eigenvalue weighted by atomic mass is 32.2. The standard InChI is InChI=1S/C24H25FN2O3S/c1-16-12-13-21(17(2)14-16)18(3)26-24(28)19-8-7-9-20(15-19)31(29,30)27(4)23-11-6-5-10-22(23)25/h5-15,18H,1-4H3,(H,26,28). The first-order valence-electron chi connectivity index (χ1n) is 9.83. The van der Waals surface area contributed by atoms with Gasteiger partial charge in [-0.25, -0.2) is 12.8 Å². The lowest BCUT2D eigenvalue weighted by Crippen LogP contribution is -2.29. The molecular formula is C24H25FN2O3S. The van der Waals surface area contributed by atoms with Crippen LogP contribution in [0, 0.1) is 19.7 Å². The number of nitrogens with zero attached hydrogens (tertiary/aromatic N) is 1. The molecule has 162 valence electrons. The monoisotopic (exact) mass is 440 g/mol. The van der Waals surface area contributed by atoms with Gasteiger partial charge in [-0.2, -0.15) is 0 Å². The maximum atomic E-state index is 14.1. The zero-order valence-corrected chi connectivity index (χ0v) is 18.7. The van der Waals surface area contributed by atoms with Crippen molar-refractivity contribution in [3.05, 3.63) is 94.8 Å². The number of anilines is 1. The first-order chi connectivity index (χ1) is 14.6. The van der Waals surface area contributed by atoms with Gasteiger partial charge in [0.25, 0.3) is 15.9 Å². The molecule has 1 unspecified atom stereocenters. The summed E-state index contributed by atoms with van der Waals surface area (Å²) >= 11 is 0. The Balaban J connectivity index is 1.85. The van der Waals surface area contributed by atoms with Crippen LogP contribution in [-0.2, 0) is 10.0 Å². The largest absolute Gasteiger partial charge is 0.346 e. The van der Waals surface area contributed by atoms with Gasteiger partial charge in [-0.05, 0) is 62.2 Å². The van der Waals surface area contributed by atoms with Crippen LogP contribution in [-0.4, -0.2) is 21.4 Å². The number of aryl methyl sites for hydroxylation is 2.